The average molecular weight is 1080 g/mol. The van der Waals surface area contributed by atoms with Crippen molar-refractivity contribution in [1.29, 1.82) is 0 Å². The lowest BCUT2D eigenvalue weighted by molar-refractivity contribution is -0.128. The molecule has 0 fully saturated rings. The molecule has 1 unspecified atom stereocenters. The molecule has 1 aliphatic carbocycles. The Hall–Kier alpha value is -8.45. The number of alkyl carbamates (subject to hydrolysis) is 2. The molecule has 8 N–H and O–H groups in total. The predicted molar refractivity (Wildman–Crippen MR) is 299 cm³/mol. The van der Waals surface area contributed by atoms with Gasteiger partial charge in [0.1, 0.15) is 48.5 Å². The van der Waals surface area contributed by atoms with E-state index in [1.807, 2.05) is 127 Å². The highest BCUT2D eigenvalue weighted by atomic mass is 16.6. The van der Waals surface area contributed by atoms with Gasteiger partial charge in [-0.1, -0.05) is 129 Å². The number of methoxy groups -OCH3 is 2. The minimum Gasteiger partial charge on any atom is -0.497 e. The first-order valence-electron chi connectivity index (χ1n) is 26.3. The van der Waals surface area contributed by atoms with Gasteiger partial charge in [-0.15, -0.1) is 0 Å². The summed E-state index contributed by atoms with van der Waals surface area (Å²) in [4.78, 5) is 64.7. The maximum atomic E-state index is 13.8. The fourth-order valence-electron chi connectivity index (χ4n) is 9.39. The molecule has 0 radical (unpaired) electrons. The molecular weight excluding hydrogens is 1010 g/mol. The van der Waals surface area contributed by atoms with E-state index in [0.717, 1.165) is 38.9 Å². The normalized spacial score (nSPS) is 12.9. The van der Waals surface area contributed by atoms with Crippen LogP contribution in [0.5, 0.6) is 11.5 Å². The predicted octanol–water partition coefficient (Wildman–Crippen LogP) is 8.14. The van der Waals surface area contributed by atoms with E-state index in [1.165, 1.54) is 0 Å². The number of nitrogens with two attached hydrogens (primary N) is 1. The summed E-state index contributed by atoms with van der Waals surface area (Å²) in [6.45, 7) is 4.12. The first-order valence-corrected chi connectivity index (χ1v) is 26.3. The van der Waals surface area contributed by atoms with Crippen molar-refractivity contribution in [2.24, 2.45) is 11.7 Å². The van der Waals surface area contributed by atoms with E-state index in [4.69, 9.17) is 34.2 Å². The molecule has 0 spiro atoms. The Kier molecular flexibility index (Phi) is 21.2. The van der Waals surface area contributed by atoms with Gasteiger partial charge in [0.05, 0.1) is 27.4 Å². The average Bonchev–Trinajstić information content (AvgIpc) is 3.91. The number of ether oxygens (including phenoxy) is 6. The molecule has 1 aliphatic rings. The fourth-order valence-corrected chi connectivity index (χ4v) is 9.39. The number of nitrogens with one attached hydrogen (secondary N) is 5. The molecule has 0 aliphatic heterocycles. The first-order chi connectivity index (χ1) is 38.3. The van der Waals surface area contributed by atoms with E-state index in [2.05, 4.69) is 26.6 Å². The van der Waals surface area contributed by atoms with Gasteiger partial charge < -0.3 is 65.8 Å². The number of carbonyl (C=O) groups excluding carboxylic acids is 5. The van der Waals surface area contributed by atoms with E-state index in [9.17, 15) is 29.1 Å². The number of aliphatic hydroxyl groups is 1. The second-order valence-electron chi connectivity index (χ2n) is 19.3. The highest BCUT2D eigenvalue weighted by Crippen LogP contribution is 2.45. The van der Waals surface area contributed by atoms with E-state index >= 15 is 0 Å². The highest BCUT2D eigenvalue weighted by molar-refractivity contribution is 5.98. The number of carbonyl (C=O) groups is 5. The van der Waals surface area contributed by atoms with Gasteiger partial charge in [-0.2, -0.15) is 0 Å². The molecule has 6 aromatic rings. The molecule has 7 rings (SSSR count). The molecule has 0 bridgehead atoms. The van der Waals surface area contributed by atoms with Crippen LogP contribution in [0.15, 0.2) is 152 Å². The van der Waals surface area contributed by atoms with E-state index in [0.29, 0.717) is 35.6 Å². The van der Waals surface area contributed by atoms with Crippen LogP contribution in [0.1, 0.15) is 72.4 Å². The van der Waals surface area contributed by atoms with Gasteiger partial charge >= 0.3 is 18.2 Å². The summed E-state index contributed by atoms with van der Waals surface area (Å²) >= 11 is 0. The SMILES string of the molecule is COc1ccc(C(OCC(O)COCCCNC(=O)OCc2ccc(NC(=O)[C@H](CCCNC(N)=O)NC(=O)[C@@H](NC(=O)OCC3c4ccccc4-c4ccccc43)C(C)C)cc2)(c2ccccc2)c2ccc(OC)cc2)cc1. The number of primary amides is 1. The third-order valence-corrected chi connectivity index (χ3v) is 13.5. The summed E-state index contributed by atoms with van der Waals surface area (Å²) in [5.41, 5.74) is 12.0. The number of hydrogen-bond donors (Lipinski definition) is 7. The van der Waals surface area contributed by atoms with Crippen LogP contribution in [0.2, 0.25) is 0 Å². The largest absolute Gasteiger partial charge is 0.497 e. The number of hydrogen-bond acceptors (Lipinski definition) is 12. The van der Waals surface area contributed by atoms with Crippen LogP contribution >= 0.6 is 0 Å². The van der Waals surface area contributed by atoms with Crippen LogP contribution < -0.4 is 41.8 Å². The zero-order valence-electron chi connectivity index (χ0n) is 44.9. The Labute approximate surface area is 460 Å². The molecule has 3 atom stereocenters. The van der Waals surface area contributed by atoms with Gasteiger partial charge in [-0.25, -0.2) is 14.4 Å². The quantitative estimate of drug-likeness (QED) is 0.0182. The molecule has 6 aromatic carbocycles. The third-order valence-electron chi connectivity index (χ3n) is 13.5. The van der Waals surface area contributed by atoms with Gasteiger partial charge in [0.25, 0.3) is 0 Å². The van der Waals surface area contributed by atoms with Gasteiger partial charge in [-0.05, 0) is 106 Å². The molecular formula is C61H70N6O12. The van der Waals surface area contributed by atoms with Crippen molar-refractivity contribution in [3.05, 3.63) is 185 Å². The van der Waals surface area contributed by atoms with E-state index in [1.54, 1.807) is 52.3 Å². The number of anilines is 1. The van der Waals surface area contributed by atoms with Gasteiger partial charge in [0.2, 0.25) is 11.8 Å². The molecule has 79 heavy (non-hydrogen) atoms. The van der Waals surface area contributed by atoms with Crippen LogP contribution in [0.25, 0.3) is 11.1 Å². The number of aliphatic hydroxyl groups excluding tert-OH is 1. The van der Waals surface area contributed by atoms with E-state index < -0.39 is 53.8 Å². The fraction of sp³-hybridized carbons (Fsp3) is 0.328. The number of rotatable bonds is 28. The maximum Gasteiger partial charge on any atom is 0.407 e. The highest BCUT2D eigenvalue weighted by Gasteiger charge is 2.39. The molecule has 18 nitrogen and oxygen atoms in total. The Morgan fingerprint density at radius 3 is 1.77 bits per heavy atom. The summed E-state index contributed by atoms with van der Waals surface area (Å²) in [7, 11) is 3.22. The van der Waals surface area contributed by atoms with Gasteiger partial charge in [0.15, 0.2) is 0 Å². The second kappa shape index (κ2) is 28.8. The minimum atomic E-state index is -1.10. The molecule has 0 saturated carbocycles. The van der Waals surface area contributed by atoms with Crippen LogP contribution in [-0.4, -0.2) is 107 Å². The third kappa shape index (κ3) is 15.8. The second-order valence-corrected chi connectivity index (χ2v) is 19.3. The number of benzene rings is 6. The summed E-state index contributed by atoms with van der Waals surface area (Å²) in [5.74, 6) is -0.300. The maximum absolute atomic E-state index is 13.8. The smallest absolute Gasteiger partial charge is 0.407 e. The molecule has 0 heterocycles. The molecule has 0 aromatic heterocycles. The standard InChI is InChI=1S/C61H70N6O12/c1-40(2)55(67-60(73)78-39-53-51-18-10-8-16-49(51)50-17-9-11-19-52(50)53)57(70)66-54(20-12-33-63-58(62)71)56(69)65-45-27-21-41(22-28-45)36-77-59(72)64-34-13-35-76-37-46(68)38-79-61(42-14-6-5-7-15-42,43-23-29-47(74-3)30-24-43)44-25-31-48(75-4)32-26-44/h5-11,14-19,21-32,40,46,53-55,68H,12-13,20,33-39H2,1-4H3,(H,64,72)(H,65,69)(H,66,70)(H,67,73)(H3,62,63,71)/t46?,54-,55-/m0/s1. The van der Waals surface area contributed by atoms with Crippen LogP contribution in [-0.2, 0) is 40.7 Å². The number of urea groups is 1. The van der Waals surface area contributed by atoms with Gasteiger partial charge in [-0.3, -0.25) is 9.59 Å². The van der Waals surface area contributed by atoms with Crippen molar-refractivity contribution >= 4 is 35.7 Å². The van der Waals surface area contributed by atoms with Crippen molar-refractivity contribution in [1.82, 2.24) is 21.3 Å². The first kappa shape index (κ1) is 58.2. The topological polar surface area (TPSA) is 247 Å². The summed E-state index contributed by atoms with van der Waals surface area (Å²) in [5, 5.41) is 24.6. The van der Waals surface area contributed by atoms with Crippen molar-refractivity contribution in [2.45, 2.75) is 69.4 Å². The van der Waals surface area contributed by atoms with Crippen molar-refractivity contribution < 1.29 is 57.5 Å². The van der Waals surface area contributed by atoms with Crippen molar-refractivity contribution in [3.8, 4) is 22.6 Å². The van der Waals surface area contributed by atoms with Gasteiger partial charge in [0, 0.05) is 31.3 Å². The van der Waals surface area contributed by atoms with Crippen molar-refractivity contribution in [2.75, 3.05) is 59.1 Å². The van der Waals surface area contributed by atoms with Crippen molar-refractivity contribution in [3.63, 3.8) is 0 Å². The lowest BCUT2D eigenvalue weighted by Crippen LogP contribution is -2.54. The molecule has 416 valence electrons. The van der Waals surface area contributed by atoms with Crippen LogP contribution in [0.4, 0.5) is 20.1 Å². The number of fused-ring (bicyclic) bond motifs is 3. The zero-order chi connectivity index (χ0) is 56.2. The Morgan fingerprint density at radius 2 is 1.19 bits per heavy atom. The lowest BCUT2D eigenvalue weighted by Gasteiger charge is -2.36. The van der Waals surface area contributed by atoms with E-state index in [-0.39, 0.29) is 64.4 Å². The molecule has 0 saturated heterocycles. The zero-order valence-corrected chi connectivity index (χ0v) is 44.9. The van der Waals surface area contributed by atoms with Crippen LogP contribution in [0.3, 0.4) is 0 Å². The summed E-state index contributed by atoms with van der Waals surface area (Å²) in [6.07, 6.45) is -1.52. The molecule has 18 heteroatoms. The monoisotopic (exact) mass is 1080 g/mol. The number of amides is 6. The Morgan fingerprint density at radius 1 is 0.620 bits per heavy atom. The summed E-state index contributed by atoms with van der Waals surface area (Å²) in [6, 6.07) is 44.8. The summed E-state index contributed by atoms with van der Waals surface area (Å²) < 4.78 is 34.5. The Bertz CT molecular complexity index is 2850. The lowest BCUT2D eigenvalue weighted by atomic mass is 9.80. The Balaban J connectivity index is 0.844. The van der Waals surface area contributed by atoms with Crippen LogP contribution in [0, 0.1) is 5.92 Å². The molecule has 6 amide bonds. The minimum absolute atomic E-state index is 0.0114.